The molecule has 1 aliphatic rings. The number of hydrogen-bond acceptors (Lipinski definition) is 3. The number of nitrogens with one attached hydrogen (secondary N) is 1. The second kappa shape index (κ2) is 6.05. The zero-order valence-electron chi connectivity index (χ0n) is 12.6. The van der Waals surface area contributed by atoms with Crippen LogP contribution in [0.15, 0.2) is 42.5 Å². The van der Waals surface area contributed by atoms with Gasteiger partial charge in [-0.1, -0.05) is 18.2 Å². The highest BCUT2D eigenvalue weighted by molar-refractivity contribution is 5.97. The summed E-state index contributed by atoms with van der Waals surface area (Å²) in [6, 6.07) is 13.6. The smallest absolute Gasteiger partial charge is 0.270 e. The number of aromatic amines is 1. The number of benzene rings is 1. The Morgan fingerprint density at radius 3 is 2.14 bits per heavy atom. The largest absolute Gasteiger partial charge is 0.368 e. The number of hydrogen-bond donors (Lipinski definition) is 1. The first kappa shape index (κ1) is 14.4. The van der Waals surface area contributed by atoms with Crippen LogP contribution in [0.3, 0.4) is 0 Å². The van der Waals surface area contributed by atoms with Crippen LogP contribution in [0.4, 0.5) is 5.69 Å². The van der Waals surface area contributed by atoms with Gasteiger partial charge in [0.05, 0.1) is 5.69 Å². The predicted molar refractivity (Wildman–Crippen MR) is 85.4 cm³/mol. The number of carbonyl (C=O) groups excluding carboxylic acids is 2. The van der Waals surface area contributed by atoms with E-state index in [0.29, 0.717) is 24.5 Å². The van der Waals surface area contributed by atoms with Gasteiger partial charge in [-0.3, -0.25) is 9.59 Å². The highest BCUT2D eigenvalue weighted by Crippen LogP contribution is 2.16. The van der Waals surface area contributed by atoms with Gasteiger partial charge >= 0.3 is 0 Å². The highest BCUT2D eigenvalue weighted by Gasteiger charge is 2.23. The van der Waals surface area contributed by atoms with Crippen molar-refractivity contribution in [3.8, 4) is 0 Å². The molecule has 1 aromatic heterocycles. The third-order valence-corrected chi connectivity index (χ3v) is 3.98. The number of amides is 1. The zero-order chi connectivity index (χ0) is 15.5. The number of carbonyl (C=O) groups is 2. The maximum absolute atomic E-state index is 12.4. The SMILES string of the molecule is CC(=O)c1ccc(C(=O)N2CCN(c3ccccc3)CC2)[nH]1. The molecule has 2 aromatic rings. The number of H-pyrrole nitrogens is 1. The van der Waals surface area contributed by atoms with E-state index in [-0.39, 0.29) is 11.7 Å². The minimum absolute atomic E-state index is 0.0415. The van der Waals surface area contributed by atoms with Crippen LogP contribution in [0, 0.1) is 0 Å². The lowest BCUT2D eigenvalue weighted by Crippen LogP contribution is -2.48. The summed E-state index contributed by atoms with van der Waals surface area (Å²) in [5, 5.41) is 0. The molecule has 5 nitrogen and oxygen atoms in total. The van der Waals surface area contributed by atoms with Crippen molar-refractivity contribution in [3.05, 3.63) is 53.9 Å². The minimum Gasteiger partial charge on any atom is -0.368 e. The van der Waals surface area contributed by atoms with Crippen LogP contribution in [0.5, 0.6) is 0 Å². The van der Waals surface area contributed by atoms with Crippen molar-refractivity contribution in [2.45, 2.75) is 6.92 Å². The monoisotopic (exact) mass is 297 g/mol. The summed E-state index contributed by atoms with van der Waals surface area (Å²) in [4.78, 5) is 30.7. The predicted octanol–water partition coefficient (Wildman–Crippen LogP) is 2.18. The topological polar surface area (TPSA) is 56.4 Å². The molecule has 114 valence electrons. The van der Waals surface area contributed by atoms with Crippen molar-refractivity contribution in [2.24, 2.45) is 0 Å². The van der Waals surface area contributed by atoms with Crippen molar-refractivity contribution in [1.82, 2.24) is 9.88 Å². The molecule has 1 N–H and O–H groups in total. The number of Topliss-reactive ketones (excluding diaryl/α,β-unsaturated/α-hetero) is 1. The van der Waals surface area contributed by atoms with Gasteiger partial charge in [-0.15, -0.1) is 0 Å². The minimum atomic E-state index is -0.0621. The Balaban J connectivity index is 1.63. The number of para-hydroxylation sites is 1. The molecule has 5 heteroatoms. The lowest BCUT2D eigenvalue weighted by atomic mass is 10.2. The molecule has 1 aromatic carbocycles. The third kappa shape index (κ3) is 2.88. The molecule has 22 heavy (non-hydrogen) atoms. The number of piperazine rings is 1. The van der Waals surface area contributed by atoms with E-state index in [1.807, 2.05) is 23.1 Å². The second-order valence-electron chi connectivity index (χ2n) is 5.46. The standard InChI is InChI=1S/C17H19N3O2/c1-13(21)15-7-8-16(18-15)17(22)20-11-9-19(10-12-20)14-5-3-2-4-6-14/h2-8,18H,9-12H2,1H3. The molecule has 0 unspecified atom stereocenters. The van der Waals surface area contributed by atoms with Gasteiger partial charge in [0.15, 0.2) is 5.78 Å². The molecule has 0 saturated carbocycles. The lowest BCUT2D eigenvalue weighted by Gasteiger charge is -2.36. The van der Waals surface area contributed by atoms with Crippen LogP contribution in [-0.2, 0) is 0 Å². The van der Waals surface area contributed by atoms with E-state index in [9.17, 15) is 9.59 Å². The van der Waals surface area contributed by atoms with Gasteiger partial charge in [-0.25, -0.2) is 0 Å². The first-order valence-corrected chi connectivity index (χ1v) is 7.44. The molecule has 0 aliphatic carbocycles. The summed E-state index contributed by atoms with van der Waals surface area (Å²) < 4.78 is 0. The molecule has 0 radical (unpaired) electrons. The molecular weight excluding hydrogens is 278 g/mol. The van der Waals surface area contributed by atoms with Gasteiger partial charge in [0.25, 0.3) is 5.91 Å². The van der Waals surface area contributed by atoms with E-state index in [0.717, 1.165) is 13.1 Å². The second-order valence-corrected chi connectivity index (χ2v) is 5.46. The zero-order valence-corrected chi connectivity index (χ0v) is 12.6. The fourth-order valence-corrected chi connectivity index (χ4v) is 2.70. The van der Waals surface area contributed by atoms with Gasteiger partial charge in [0.2, 0.25) is 0 Å². The van der Waals surface area contributed by atoms with Crippen LogP contribution in [-0.4, -0.2) is 47.8 Å². The molecule has 1 fully saturated rings. The molecule has 2 heterocycles. The summed E-state index contributed by atoms with van der Waals surface area (Å²) in [5.41, 5.74) is 2.15. The van der Waals surface area contributed by atoms with E-state index < -0.39 is 0 Å². The number of anilines is 1. The van der Waals surface area contributed by atoms with Crippen molar-refractivity contribution in [1.29, 1.82) is 0 Å². The van der Waals surface area contributed by atoms with Gasteiger partial charge in [-0.2, -0.15) is 0 Å². The van der Waals surface area contributed by atoms with E-state index >= 15 is 0 Å². The summed E-state index contributed by atoms with van der Waals surface area (Å²) in [6.45, 7) is 4.48. The molecular formula is C17H19N3O2. The molecule has 1 amide bonds. The molecule has 0 spiro atoms. The van der Waals surface area contributed by atoms with Crippen LogP contribution < -0.4 is 4.90 Å². The fraction of sp³-hybridized carbons (Fsp3) is 0.294. The fourth-order valence-electron chi connectivity index (χ4n) is 2.70. The number of aromatic nitrogens is 1. The summed E-state index contributed by atoms with van der Waals surface area (Å²) >= 11 is 0. The van der Waals surface area contributed by atoms with Crippen molar-refractivity contribution in [2.75, 3.05) is 31.1 Å². The Hall–Kier alpha value is -2.56. The number of rotatable bonds is 3. The average Bonchev–Trinajstić information content (AvgIpc) is 3.05. The van der Waals surface area contributed by atoms with E-state index in [2.05, 4.69) is 22.0 Å². The number of ketones is 1. The van der Waals surface area contributed by atoms with Gasteiger partial charge < -0.3 is 14.8 Å². The van der Waals surface area contributed by atoms with Gasteiger partial charge in [-0.05, 0) is 24.3 Å². The van der Waals surface area contributed by atoms with Crippen LogP contribution >= 0.6 is 0 Å². The van der Waals surface area contributed by atoms with E-state index in [1.165, 1.54) is 12.6 Å². The van der Waals surface area contributed by atoms with Crippen LogP contribution in [0.2, 0.25) is 0 Å². The van der Waals surface area contributed by atoms with E-state index in [4.69, 9.17) is 0 Å². The Bertz CT molecular complexity index is 670. The van der Waals surface area contributed by atoms with Crippen molar-refractivity contribution in [3.63, 3.8) is 0 Å². The third-order valence-electron chi connectivity index (χ3n) is 3.98. The Morgan fingerprint density at radius 1 is 0.909 bits per heavy atom. The molecule has 1 saturated heterocycles. The lowest BCUT2D eigenvalue weighted by molar-refractivity contribution is 0.0741. The normalized spacial score (nSPS) is 15.0. The maximum atomic E-state index is 12.4. The summed E-state index contributed by atoms with van der Waals surface area (Å²) in [5.74, 6) is -0.104. The molecule has 3 rings (SSSR count). The first-order chi connectivity index (χ1) is 10.6. The summed E-state index contributed by atoms with van der Waals surface area (Å²) in [7, 11) is 0. The number of nitrogens with zero attached hydrogens (tertiary/aromatic N) is 2. The average molecular weight is 297 g/mol. The van der Waals surface area contributed by atoms with E-state index in [1.54, 1.807) is 12.1 Å². The Kier molecular flexibility index (Phi) is 3.96. The maximum Gasteiger partial charge on any atom is 0.270 e. The van der Waals surface area contributed by atoms with Crippen LogP contribution in [0.1, 0.15) is 27.9 Å². The molecule has 0 atom stereocenters. The van der Waals surface area contributed by atoms with Crippen molar-refractivity contribution >= 4 is 17.4 Å². The summed E-state index contributed by atoms with van der Waals surface area (Å²) in [6.07, 6.45) is 0. The Labute approximate surface area is 129 Å². The van der Waals surface area contributed by atoms with Gasteiger partial charge in [0, 0.05) is 38.8 Å². The highest BCUT2D eigenvalue weighted by atomic mass is 16.2. The molecule has 0 bridgehead atoms. The first-order valence-electron chi connectivity index (χ1n) is 7.44. The van der Waals surface area contributed by atoms with Gasteiger partial charge in [0.1, 0.15) is 5.69 Å². The van der Waals surface area contributed by atoms with Crippen molar-refractivity contribution < 1.29 is 9.59 Å². The quantitative estimate of drug-likeness (QED) is 0.884. The van der Waals surface area contributed by atoms with Crippen LogP contribution in [0.25, 0.3) is 0 Å². The Morgan fingerprint density at radius 2 is 1.55 bits per heavy atom. The molecule has 1 aliphatic heterocycles.